The standard InChI is InChI=1S/C12H15NO4S2/c1-2-17-12(16)9(11(14)15)6-8-18-19-10-5-3-4-7-13-10/h3-5,7,9H,2,6,8H2,1H3,(H,14,15). The molecule has 0 bridgehead atoms. The summed E-state index contributed by atoms with van der Waals surface area (Å²) >= 11 is 0. The summed E-state index contributed by atoms with van der Waals surface area (Å²) in [5, 5.41) is 9.81. The highest BCUT2D eigenvalue weighted by molar-refractivity contribution is 8.76. The summed E-state index contributed by atoms with van der Waals surface area (Å²) in [7, 11) is 2.93. The van der Waals surface area contributed by atoms with Crippen molar-refractivity contribution in [2.24, 2.45) is 5.92 Å². The Hall–Kier alpha value is -1.21. The first-order valence-electron chi connectivity index (χ1n) is 5.75. The van der Waals surface area contributed by atoms with Crippen LogP contribution in [0.5, 0.6) is 0 Å². The molecule has 5 nitrogen and oxygen atoms in total. The van der Waals surface area contributed by atoms with Crippen LogP contribution in [0.25, 0.3) is 0 Å². The second-order valence-electron chi connectivity index (χ2n) is 3.50. The predicted octanol–water partition coefficient (Wildman–Crippen LogP) is 2.48. The van der Waals surface area contributed by atoms with Crippen LogP contribution >= 0.6 is 21.6 Å². The van der Waals surface area contributed by atoms with Crippen molar-refractivity contribution in [2.75, 3.05) is 12.4 Å². The van der Waals surface area contributed by atoms with Gasteiger partial charge in [0.05, 0.1) is 6.61 Å². The first-order chi connectivity index (χ1) is 9.15. The normalized spacial score (nSPS) is 11.8. The summed E-state index contributed by atoms with van der Waals surface area (Å²) in [6, 6.07) is 5.59. The Balaban J connectivity index is 2.33. The third-order valence-electron chi connectivity index (χ3n) is 2.14. The van der Waals surface area contributed by atoms with Crippen LogP contribution in [0.15, 0.2) is 29.4 Å². The molecule has 0 radical (unpaired) electrons. The fourth-order valence-electron chi connectivity index (χ4n) is 1.25. The molecule has 0 aliphatic rings. The minimum absolute atomic E-state index is 0.193. The van der Waals surface area contributed by atoms with Gasteiger partial charge >= 0.3 is 11.9 Å². The summed E-state index contributed by atoms with van der Waals surface area (Å²) < 4.78 is 4.73. The van der Waals surface area contributed by atoms with Gasteiger partial charge in [-0.05, 0) is 36.3 Å². The molecule has 0 aliphatic heterocycles. The van der Waals surface area contributed by atoms with E-state index in [9.17, 15) is 9.59 Å². The fourth-order valence-corrected chi connectivity index (χ4v) is 3.22. The van der Waals surface area contributed by atoms with Crippen LogP contribution in [-0.4, -0.2) is 34.4 Å². The monoisotopic (exact) mass is 301 g/mol. The van der Waals surface area contributed by atoms with E-state index in [-0.39, 0.29) is 13.0 Å². The molecule has 0 spiro atoms. The third kappa shape index (κ3) is 5.98. The van der Waals surface area contributed by atoms with Crippen LogP contribution in [-0.2, 0) is 14.3 Å². The zero-order chi connectivity index (χ0) is 14.1. The molecule has 0 aromatic carbocycles. The molecule has 1 N–H and O–H groups in total. The van der Waals surface area contributed by atoms with Crippen molar-refractivity contribution in [3.63, 3.8) is 0 Å². The van der Waals surface area contributed by atoms with Crippen LogP contribution in [0.1, 0.15) is 13.3 Å². The number of rotatable bonds is 8. The van der Waals surface area contributed by atoms with Gasteiger partial charge in [-0.15, -0.1) is 0 Å². The summed E-state index contributed by atoms with van der Waals surface area (Å²) in [4.78, 5) is 26.5. The number of esters is 1. The second kappa shape index (κ2) is 8.82. The van der Waals surface area contributed by atoms with E-state index in [1.807, 2.05) is 18.2 Å². The van der Waals surface area contributed by atoms with Crippen LogP contribution in [0.2, 0.25) is 0 Å². The molecule has 0 fully saturated rings. The number of aliphatic carboxylic acids is 1. The molecule has 1 unspecified atom stereocenters. The number of carboxylic acids is 1. The molecular weight excluding hydrogens is 286 g/mol. The van der Waals surface area contributed by atoms with E-state index in [1.54, 1.807) is 13.1 Å². The van der Waals surface area contributed by atoms with Crippen LogP contribution < -0.4 is 0 Å². The molecule has 1 rings (SSSR count). The topological polar surface area (TPSA) is 76.5 Å². The van der Waals surface area contributed by atoms with Gasteiger partial charge < -0.3 is 9.84 Å². The van der Waals surface area contributed by atoms with Gasteiger partial charge in [0.25, 0.3) is 0 Å². The number of hydrogen-bond donors (Lipinski definition) is 1. The van der Waals surface area contributed by atoms with Crippen molar-refractivity contribution >= 4 is 33.5 Å². The fraction of sp³-hybridized carbons (Fsp3) is 0.417. The van der Waals surface area contributed by atoms with E-state index in [1.165, 1.54) is 21.6 Å². The minimum atomic E-state index is -1.14. The SMILES string of the molecule is CCOC(=O)C(CCSSc1ccccn1)C(=O)O. The Labute approximate surface area is 119 Å². The molecule has 1 atom stereocenters. The molecule has 1 aromatic heterocycles. The molecule has 0 saturated carbocycles. The summed E-state index contributed by atoms with van der Waals surface area (Å²) in [5.41, 5.74) is 0. The van der Waals surface area contributed by atoms with Crippen molar-refractivity contribution in [3.8, 4) is 0 Å². The van der Waals surface area contributed by atoms with Gasteiger partial charge in [0.2, 0.25) is 0 Å². The van der Waals surface area contributed by atoms with Crippen molar-refractivity contribution in [3.05, 3.63) is 24.4 Å². The Morgan fingerprint density at radius 2 is 2.26 bits per heavy atom. The maximum Gasteiger partial charge on any atom is 0.320 e. The second-order valence-corrected chi connectivity index (χ2v) is 5.94. The highest BCUT2D eigenvalue weighted by Crippen LogP contribution is 2.30. The summed E-state index contributed by atoms with van der Waals surface area (Å²) in [6.07, 6.45) is 1.94. The lowest BCUT2D eigenvalue weighted by atomic mass is 10.1. The molecule has 0 amide bonds. The zero-order valence-corrected chi connectivity index (χ0v) is 12.1. The summed E-state index contributed by atoms with van der Waals surface area (Å²) in [6.45, 7) is 1.85. The Kier molecular flexibility index (Phi) is 7.35. The summed E-state index contributed by atoms with van der Waals surface area (Å²) in [5.74, 6) is -2.35. The largest absolute Gasteiger partial charge is 0.481 e. The van der Waals surface area contributed by atoms with E-state index >= 15 is 0 Å². The number of nitrogens with zero attached hydrogens (tertiary/aromatic N) is 1. The molecule has 0 aliphatic carbocycles. The van der Waals surface area contributed by atoms with Crippen molar-refractivity contribution in [2.45, 2.75) is 18.4 Å². The number of hydrogen-bond acceptors (Lipinski definition) is 6. The molecule has 1 heterocycles. The number of ether oxygens (including phenoxy) is 1. The average molecular weight is 301 g/mol. The highest BCUT2D eigenvalue weighted by atomic mass is 33.1. The molecule has 104 valence electrons. The minimum Gasteiger partial charge on any atom is -0.481 e. The number of carbonyl (C=O) groups is 2. The first-order valence-corrected chi connectivity index (χ1v) is 8.07. The number of carboxylic acid groups (broad SMARTS) is 1. The van der Waals surface area contributed by atoms with Gasteiger partial charge in [0, 0.05) is 11.9 Å². The lowest BCUT2D eigenvalue weighted by molar-refractivity contribution is -0.158. The average Bonchev–Trinajstić information content (AvgIpc) is 2.39. The van der Waals surface area contributed by atoms with Crippen LogP contribution in [0, 0.1) is 5.92 Å². The van der Waals surface area contributed by atoms with Gasteiger partial charge in [-0.25, -0.2) is 4.98 Å². The van der Waals surface area contributed by atoms with Gasteiger partial charge in [-0.2, -0.15) is 0 Å². The van der Waals surface area contributed by atoms with Crippen molar-refractivity contribution in [1.29, 1.82) is 0 Å². The van der Waals surface area contributed by atoms with Crippen LogP contribution in [0.4, 0.5) is 0 Å². The molecule has 0 saturated heterocycles. The molecule has 1 aromatic rings. The van der Waals surface area contributed by atoms with Crippen LogP contribution in [0.3, 0.4) is 0 Å². The molecule has 19 heavy (non-hydrogen) atoms. The number of pyridine rings is 1. The Morgan fingerprint density at radius 3 is 2.84 bits per heavy atom. The van der Waals surface area contributed by atoms with Gasteiger partial charge in [-0.1, -0.05) is 16.9 Å². The smallest absolute Gasteiger partial charge is 0.320 e. The Morgan fingerprint density at radius 1 is 1.47 bits per heavy atom. The quantitative estimate of drug-likeness (QED) is 0.342. The van der Waals surface area contributed by atoms with E-state index in [0.29, 0.717) is 5.75 Å². The van der Waals surface area contributed by atoms with E-state index < -0.39 is 17.9 Å². The maximum absolute atomic E-state index is 11.4. The molecule has 7 heteroatoms. The van der Waals surface area contributed by atoms with E-state index in [2.05, 4.69) is 4.98 Å². The van der Waals surface area contributed by atoms with Crippen molar-refractivity contribution in [1.82, 2.24) is 4.98 Å². The molecular formula is C12H15NO4S2. The van der Waals surface area contributed by atoms with Gasteiger partial charge in [0.1, 0.15) is 5.03 Å². The Bertz CT molecular complexity index is 413. The van der Waals surface area contributed by atoms with Crippen molar-refractivity contribution < 1.29 is 19.4 Å². The lowest BCUT2D eigenvalue weighted by Crippen LogP contribution is -2.26. The van der Waals surface area contributed by atoms with E-state index in [0.717, 1.165) is 5.03 Å². The van der Waals surface area contributed by atoms with Gasteiger partial charge in [0.15, 0.2) is 5.92 Å². The number of aromatic nitrogens is 1. The predicted molar refractivity (Wildman–Crippen MR) is 74.9 cm³/mol. The zero-order valence-electron chi connectivity index (χ0n) is 10.4. The maximum atomic E-state index is 11.4. The van der Waals surface area contributed by atoms with Gasteiger partial charge in [-0.3, -0.25) is 9.59 Å². The number of carbonyl (C=O) groups excluding carboxylic acids is 1. The van der Waals surface area contributed by atoms with E-state index in [4.69, 9.17) is 9.84 Å². The first kappa shape index (κ1) is 15.8. The highest BCUT2D eigenvalue weighted by Gasteiger charge is 2.27. The lowest BCUT2D eigenvalue weighted by Gasteiger charge is -2.10. The third-order valence-corrected chi connectivity index (χ3v) is 4.44.